The van der Waals surface area contributed by atoms with Crippen LogP contribution in [-0.2, 0) is 13.0 Å². The summed E-state index contributed by atoms with van der Waals surface area (Å²) in [4.78, 5) is 7.54. The van der Waals surface area contributed by atoms with E-state index in [0.717, 1.165) is 60.5 Å². The maximum Gasteiger partial charge on any atom is 0.0994 e. The molecule has 4 rings (SSSR count). The van der Waals surface area contributed by atoms with Crippen LogP contribution in [0.2, 0.25) is 0 Å². The molecule has 1 saturated heterocycles. The number of aryl methyl sites for hydroxylation is 1. The van der Waals surface area contributed by atoms with Crippen molar-refractivity contribution in [1.82, 2.24) is 4.90 Å². The first-order valence-corrected chi connectivity index (χ1v) is 15.5. The van der Waals surface area contributed by atoms with Crippen molar-refractivity contribution in [1.29, 1.82) is 5.26 Å². The molecule has 0 unspecified atom stereocenters. The van der Waals surface area contributed by atoms with Crippen molar-refractivity contribution < 1.29 is 0 Å². The van der Waals surface area contributed by atoms with Crippen LogP contribution in [0, 0.1) is 32.1 Å². The first-order chi connectivity index (χ1) is 20.2. The second-order valence-corrected chi connectivity index (χ2v) is 11.9. The van der Waals surface area contributed by atoms with Crippen LogP contribution in [0.4, 0.5) is 0 Å². The van der Waals surface area contributed by atoms with Gasteiger partial charge in [0.1, 0.15) is 0 Å². The highest BCUT2D eigenvalue weighted by Gasteiger charge is 2.17. The van der Waals surface area contributed by atoms with E-state index in [9.17, 15) is 5.26 Å². The fourth-order valence-corrected chi connectivity index (χ4v) is 6.40. The first kappa shape index (κ1) is 31.2. The quantitative estimate of drug-likeness (QED) is 0.233. The van der Waals surface area contributed by atoms with Crippen molar-refractivity contribution in [3.8, 4) is 17.2 Å². The number of nitrogens with zero attached hydrogens (tertiary/aromatic N) is 3. The second-order valence-electron chi connectivity index (χ2n) is 11.9. The van der Waals surface area contributed by atoms with E-state index in [1.165, 1.54) is 63.1 Å². The van der Waals surface area contributed by atoms with Gasteiger partial charge in [-0.1, -0.05) is 68.5 Å². The summed E-state index contributed by atoms with van der Waals surface area (Å²) in [5, 5.41) is 10.1. The number of likely N-dealkylation sites (tertiary alicyclic amines) is 1. The van der Waals surface area contributed by atoms with Crippen molar-refractivity contribution in [2.24, 2.45) is 4.99 Å². The van der Waals surface area contributed by atoms with Crippen molar-refractivity contribution in [2.45, 2.75) is 87.1 Å². The van der Waals surface area contributed by atoms with Crippen LogP contribution >= 0.6 is 0 Å². The molecule has 3 nitrogen and oxygen atoms in total. The Kier molecular flexibility index (Phi) is 10.4. The van der Waals surface area contributed by atoms with Gasteiger partial charge in [-0.15, -0.1) is 0 Å². The Morgan fingerprint density at radius 2 is 1.52 bits per heavy atom. The van der Waals surface area contributed by atoms with Gasteiger partial charge in [0.15, 0.2) is 0 Å². The predicted octanol–water partition coefficient (Wildman–Crippen LogP) is 9.91. The summed E-state index contributed by atoms with van der Waals surface area (Å²) in [7, 11) is 0. The molecule has 1 heterocycles. The zero-order valence-electron chi connectivity index (χ0n) is 26.8. The second kappa shape index (κ2) is 14.0. The lowest BCUT2D eigenvalue weighted by molar-refractivity contribution is 0.331. The third kappa shape index (κ3) is 6.83. The molecule has 0 N–H and O–H groups in total. The zero-order chi connectivity index (χ0) is 30.4. The SMILES string of the molecule is C=C(Cc1c(C)cc(CN2CCCC2)cc1C#N)c1cccc(-c2cccc(C(C)=N/C(CC)=C(\C)CC)c2C)c1C. The Balaban J connectivity index is 1.65. The maximum absolute atomic E-state index is 10.1. The molecule has 3 aromatic rings. The van der Waals surface area contributed by atoms with Crippen molar-refractivity contribution >= 4 is 11.3 Å². The molecule has 0 amide bonds. The van der Waals surface area contributed by atoms with Crippen LogP contribution in [0.15, 0.2) is 71.4 Å². The Bertz CT molecular complexity index is 1570. The molecule has 0 bridgehead atoms. The topological polar surface area (TPSA) is 39.4 Å². The van der Waals surface area contributed by atoms with Gasteiger partial charge in [0.05, 0.1) is 11.6 Å². The maximum atomic E-state index is 10.1. The number of hydrogen-bond acceptors (Lipinski definition) is 3. The molecular weight excluding hydrogens is 510 g/mol. The highest BCUT2D eigenvalue weighted by atomic mass is 15.1. The standard InChI is InChI=1S/C39H47N3/c1-9-26(3)39(10-2)41-31(8)35-16-14-18-37(30(35)7)36-17-13-15-34(29(36)6)28(5)22-38-27(4)21-32(23-33(38)24-40)25-42-19-11-12-20-42/h13-18,21,23H,5,9-12,19-20,22,25H2,1-4,6-8H3/b39-26+,41-31?. The Labute approximate surface area is 254 Å². The highest BCUT2D eigenvalue weighted by Crippen LogP contribution is 2.34. The summed E-state index contributed by atoms with van der Waals surface area (Å²) in [6.45, 7) is 23.0. The normalized spacial score (nSPS) is 14.6. The molecule has 1 aliphatic rings. The molecular formula is C39H47N3. The number of hydrogen-bond donors (Lipinski definition) is 0. The smallest absolute Gasteiger partial charge is 0.0994 e. The molecule has 3 heteroatoms. The van der Waals surface area contributed by atoms with Crippen LogP contribution in [0.5, 0.6) is 0 Å². The summed E-state index contributed by atoms with van der Waals surface area (Å²) in [6, 6.07) is 19.9. The van der Waals surface area contributed by atoms with Gasteiger partial charge < -0.3 is 0 Å². The van der Waals surface area contributed by atoms with Crippen LogP contribution in [0.25, 0.3) is 16.7 Å². The van der Waals surface area contributed by atoms with E-state index in [0.29, 0.717) is 6.42 Å². The number of rotatable bonds is 10. The van der Waals surface area contributed by atoms with E-state index in [-0.39, 0.29) is 0 Å². The number of nitriles is 1. The Morgan fingerprint density at radius 1 is 0.905 bits per heavy atom. The van der Waals surface area contributed by atoms with Gasteiger partial charge in [-0.05, 0) is 142 Å². The zero-order valence-corrected chi connectivity index (χ0v) is 26.8. The Hall–Kier alpha value is -3.74. The lowest BCUT2D eigenvalue weighted by Crippen LogP contribution is -2.18. The van der Waals surface area contributed by atoms with Gasteiger partial charge >= 0.3 is 0 Å². The van der Waals surface area contributed by atoms with Crippen LogP contribution in [0.3, 0.4) is 0 Å². The van der Waals surface area contributed by atoms with Crippen molar-refractivity contribution in [3.05, 3.63) is 111 Å². The molecule has 1 fully saturated rings. The van der Waals surface area contributed by atoms with Gasteiger partial charge in [0, 0.05) is 18.0 Å². The average Bonchev–Trinajstić information content (AvgIpc) is 3.50. The molecule has 0 saturated carbocycles. The fraction of sp³-hybridized carbons (Fsp3) is 0.385. The van der Waals surface area contributed by atoms with Crippen LogP contribution in [0.1, 0.15) is 97.9 Å². The van der Waals surface area contributed by atoms with Gasteiger partial charge in [-0.2, -0.15) is 5.26 Å². The first-order valence-electron chi connectivity index (χ1n) is 15.5. The summed E-state index contributed by atoms with van der Waals surface area (Å²) in [5.41, 5.74) is 16.2. The van der Waals surface area contributed by atoms with Gasteiger partial charge in [0.2, 0.25) is 0 Å². The summed E-state index contributed by atoms with van der Waals surface area (Å²) < 4.78 is 0. The largest absolute Gasteiger partial charge is 0.299 e. The third-order valence-electron chi connectivity index (χ3n) is 9.04. The molecule has 0 aliphatic carbocycles. The average molecular weight is 558 g/mol. The third-order valence-corrected chi connectivity index (χ3v) is 9.04. The highest BCUT2D eigenvalue weighted by molar-refractivity contribution is 6.02. The van der Waals surface area contributed by atoms with E-state index in [2.05, 4.69) is 115 Å². The number of allylic oxidation sites excluding steroid dienone is 3. The van der Waals surface area contributed by atoms with E-state index in [1.54, 1.807) is 0 Å². The van der Waals surface area contributed by atoms with E-state index in [1.807, 2.05) is 0 Å². The monoisotopic (exact) mass is 557 g/mol. The molecule has 42 heavy (non-hydrogen) atoms. The summed E-state index contributed by atoms with van der Waals surface area (Å²) >= 11 is 0. The lowest BCUT2D eigenvalue weighted by atomic mass is 9.86. The minimum Gasteiger partial charge on any atom is -0.299 e. The van der Waals surface area contributed by atoms with Gasteiger partial charge in [0.25, 0.3) is 0 Å². The molecule has 3 aromatic carbocycles. The number of benzene rings is 3. The molecule has 0 atom stereocenters. The minimum absolute atomic E-state index is 0.663. The van der Waals surface area contributed by atoms with Crippen LogP contribution in [-0.4, -0.2) is 23.7 Å². The molecule has 0 radical (unpaired) electrons. The van der Waals surface area contributed by atoms with Gasteiger partial charge in [-0.25, -0.2) is 0 Å². The molecule has 0 spiro atoms. The molecule has 1 aliphatic heterocycles. The van der Waals surface area contributed by atoms with Crippen molar-refractivity contribution in [2.75, 3.05) is 13.1 Å². The lowest BCUT2D eigenvalue weighted by Gasteiger charge is -2.19. The van der Waals surface area contributed by atoms with E-state index < -0.39 is 0 Å². The summed E-state index contributed by atoms with van der Waals surface area (Å²) in [6.07, 6.45) is 5.16. The van der Waals surface area contributed by atoms with E-state index >= 15 is 0 Å². The van der Waals surface area contributed by atoms with Crippen molar-refractivity contribution in [3.63, 3.8) is 0 Å². The van der Waals surface area contributed by atoms with Gasteiger partial charge in [-0.3, -0.25) is 9.89 Å². The van der Waals surface area contributed by atoms with Crippen LogP contribution < -0.4 is 0 Å². The predicted molar refractivity (Wildman–Crippen MR) is 180 cm³/mol. The number of aliphatic imine (C=N–C) groups is 1. The molecule has 218 valence electrons. The Morgan fingerprint density at radius 3 is 2.12 bits per heavy atom. The fourth-order valence-electron chi connectivity index (χ4n) is 6.40. The molecule has 0 aromatic heterocycles. The summed E-state index contributed by atoms with van der Waals surface area (Å²) in [5.74, 6) is 0. The minimum atomic E-state index is 0.663. The van der Waals surface area contributed by atoms with E-state index in [4.69, 9.17) is 4.99 Å².